The molecule has 0 fully saturated rings. The van der Waals surface area contributed by atoms with Crippen LogP contribution in [0.25, 0.3) is 0 Å². The van der Waals surface area contributed by atoms with E-state index in [9.17, 15) is 9.90 Å². The molecule has 0 saturated carbocycles. The lowest BCUT2D eigenvalue weighted by Crippen LogP contribution is -2.52. The largest absolute Gasteiger partial charge is 0.548 e. The molecule has 2 rings (SSSR count). The number of rotatable bonds is 9. The van der Waals surface area contributed by atoms with Crippen LogP contribution in [0.1, 0.15) is 38.3 Å². The number of carboxylic acids is 1. The average Bonchev–Trinajstić information content (AvgIpc) is 2.65. The van der Waals surface area contributed by atoms with E-state index in [1.807, 2.05) is 76.2 Å². The Morgan fingerprint density at radius 3 is 2.45 bits per heavy atom. The highest BCUT2D eigenvalue weighted by Crippen LogP contribution is 2.20. The van der Waals surface area contributed by atoms with Crippen molar-refractivity contribution in [2.75, 3.05) is 11.9 Å². The average molecular weight is 414 g/mol. The van der Waals surface area contributed by atoms with Gasteiger partial charge in [0.25, 0.3) is 0 Å². The minimum atomic E-state index is -1.13. The molecule has 5 nitrogen and oxygen atoms in total. The summed E-state index contributed by atoms with van der Waals surface area (Å²) in [5, 5.41) is 15.5. The van der Waals surface area contributed by atoms with E-state index in [0.717, 1.165) is 22.6 Å². The fourth-order valence-electron chi connectivity index (χ4n) is 3.09. The monoisotopic (exact) mass is 413 g/mol. The number of thiocarbonyl (C=S) groups is 1. The van der Waals surface area contributed by atoms with Gasteiger partial charge in [0.1, 0.15) is 5.75 Å². The Hall–Kier alpha value is -2.60. The van der Waals surface area contributed by atoms with Gasteiger partial charge in [-0.1, -0.05) is 38.1 Å². The van der Waals surface area contributed by atoms with Crippen LogP contribution in [-0.2, 0) is 11.3 Å². The summed E-state index contributed by atoms with van der Waals surface area (Å²) in [4.78, 5) is 13.7. The molecule has 0 heterocycles. The van der Waals surface area contributed by atoms with Crippen LogP contribution in [0.15, 0.2) is 48.5 Å². The maximum atomic E-state index is 12.0. The second-order valence-corrected chi connectivity index (χ2v) is 7.86. The number of nitrogens with one attached hydrogen (secondary N) is 1. The molecule has 6 heteroatoms. The highest BCUT2D eigenvalue weighted by molar-refractivity contribution is 7.80. The maximum Gasteiger partial charge on any atom is 0.174 e. The standard InChI is InChI=1S/C23H30N2O3S/c1-5-28-20-11-9-18(10-12-20)15-25(21(22(26)27)13-16(2)3)23(29)24-19-8-6-7-17(4)14-19/h6-12,14,16,21H,5,13,15H2,1-4H3,(H,24,29)(H,26,27)/p-1. The van der Waals surface area contributed by atoms with Gasteiger partial charge in [-0.2, -0.15) is 0 Å². The van der Waals surface area contributed by atoms with Crippen molar-refractivity contribution in [2.45, 2.75) is 46.7 Å². The van der Waals surface area contributed by atoms with Crippen LogP contribution >= 0.6 is 12.2 Å². The number of nitrogens with zero attached hydrogens (tertiary/aromatic N) is 1. The minimum Gasteiger partial charge on any atom is -0.548 e. The number of hydrogen-bond donors (Lipinski definition) is 1. The fraction of sp³-hybridized carbons (Fsp3) is 0.391. The first-order valence-electron chi connectivity index (χ1n) is 9.87. The molecule has 0 bridgehead atoms. The topological polar surface area (TPSA) is 64.6 Å². The van der Waals surface area contributed by atoms with Gasteiger partial charge in [0.05, 0.1) is 18.6 Å². The molecule has 1 unspecified atom stereocenters. The summed E-state index contributed by atoms with van der Waals surface area (Å²) in [5.41, 5.74) is 2.86. The Balaban J connectivity index is 2.28. The van der Waals surface area contributed by atoms with E-state index in [2.05, 4.69) is 5.32 Å². The molecule has 1 atom stereocenters. The molecular formula is C23H29N2O3S-. The van der Waals surface area contributed by atoms with Gasteiger partial charge in [-0.3, -0.25) is 0 Å². The predicted octanol–water partition coefficient (Wildman–Crippen LogP) is 3.76. The zero-order valence-electron chi connectivity index (χ0n) is 17.5. The number of anilines is 1. The third-order valence-electron chi connectivity index (χ3n) is 4.46. The molecule has 2 aromatic rings. The van der Waals surface area contributed by atoms with Gasteiger partial charge in [-0.05, 0) is 73.8 Å². The molecule has 1 N–H and O–H groups in total. The molecule has 2 aromatic carbocycles. The van der Waals surface area contributed by atoms with Crippen molar-refractivity contribution in [3.05, 3.63) is 59.7 Å². The summed E-state index contributed by atoms with van der Waals surface area (Å²) >= 11 is 5.61. The van der Waals surface area contributed by atoms with Crippen molar-refractivity contribution in [1.82, 2.24) is 4.90 Å². The Bertz CT molecular complexity index is 821. The van der Waals surface area contributed by atoms with Crippen LogP contribution in [0, 0.1) is 12.8 Å². The zero-order chi connectivity index (χ0) is 21.4. The summed E-state index contributed by atoms with van der Waals surface area (Å²) in [5.74, 6) is -0.164. The first-order valence-corrected chi connectivity index (χ1v) is 10.3. The molecule has 156 valence electrons. The minimum absolute atomic E-state index is 0.183. The molecule has 0 aliphatic rings. The summed E-state index contributed by atoms with van der Waals surface area (Å²) in [6.07, 6.45) is 0.439. The summed E-state index contributed by atoms with van der Waals surface area (Å²) in [6, 6.07) is 14.6. The van der Waals surface area contributed by atoms with E-state index < -0.39 is 12.0 Å². The summed E-state index contributed by atoms with van der Waals surface area (Å²) in [7, 11) is 0. The van der Waals surface area contributed by atoms with E-state index in [4.69, 9.17) is 17.0 Å². The molecule has 0 saturated heterocycles. The number of carbonyl (C=O) groups excluding carboxylic acids is 1. The van der Waals surface area contributed by atoms with Gasteiger partial charge in [-0.15, -0.1) is 0 Å². The van der Waals surface area contributed by atoms with Crippen molar-refractivity contribution < 1.29 is 14.6 Å². The van der Waals surface area contributed by atoms with Gasteiger partial charge in [-0.25, -0.2) is 0 Å². The van der Waals surface area contributed by atoms with E-state index in [1.54, 1.807) is 4.90 Å². The van der Waals surface area contributed by atoms with E-state index >= 15 is 0 Å². The van der Waals surface area contributed by atoms with Gasteiger partial charge in [0, 0.05) is 12.2 Å². The first-order chi connectivity index (χ1) is 13.8. The third kappa shape index (κ3) is 7.06. The summed E-state index contributed by atoms with van der Waals surface area (Å²) in [6.45, 7) is 8.85. The normalized spacial score (nSPS) is 11.8. The Morgan fingerprint density at radius 2 is 1.90 bits per heavy atom. The van der Waals surface area contributed by atoms with Gasteiger partial charge in [0.2, 0.25) is 0 Å². The predicted molar refractivity (Wildman–Crippen MR) is 119 cm³/mol. The molecule has 29 heavy (non-hydrogen) atoms. The smallest absolute Gasteiger partial charge is 0.174 e. The molecule has 0 spiro atoms. The van der Waals surface area contributed by atoms with Crippen molar-refractivity contribution in [2.24, 2.45) is 5.92 Å². The zero-order valence-corrected chi connectivity index (χ0v) is 18.3. The van der Waals surface area contributed by atoms with Gasteiger partial charge in [0.15, 0.2) is 5.11 Å². The van der Waals surface area contributed by atoms with Crippen molar-refractivity contribution >= 4 is 29.0 Å². The van der Waals surface area contributed by atoms with E-state index in [-0.39, 0.29) is 5.92 Å². The second-order valence-electron chi connectivity index (χ2n) is 7.47. The number of carboxylic acid groups (broad SMARTS) is 1. The van der Waals surface area contributed by atoms with Crippen LogP contribution in [0.5, 0.6) is 5.75 Å². The number of aliphatic carboxylic acids is 1. The molecule has 0 amide bonds. The van der Waals surface area contributed by atoms with Crippen molar-refractivity contribution in [1.29, 1.82) is 0 Å². The Morgan fingerprint density at radius 1 is 1.21 bits per heavy atom. The SMILES string of the molecule is CCOc1ccc(CN(C(=S)Nc2cccc(C)c2)C(CC(C)C)C(=O)[O-])cc1. The van der Waals surface area contributed by atoms with E-state index in [1.165, 1.54) is 0 Å². The first kappa shape index (κ1) is 22.7. The van der Waals surface area contributed by atoms with Gasteiger partial charge < -0.3 is 24.9 Å². The lowest BCUT2D eigenvalue weighted by atomic mass is 10.0. The molecule has 0 aliphatic heterocycles. The molecule has 0 aliphatic carbocycles. The van der Waals surface area contributed by atoms with Crippen LogP contribution in [-0.4, -0.2) is 28.6 Å². The molecule has 0 radical (unpaired) electrons. The second kappa shape index (κ2) is 10.8. The summed E-state index contributed by atoms with van der Waals surface area (Å²) < 4.78 is 5.49. The number of hydrogen-bond acceptors (Lipinski definition) is 4. The number of aryl methyl sites for hydroxylation is 1. The Labute approximate surface area is 178 Å². The number of ether oxygens (including phenoxy) is 1. The van der Waals surface area contributed by atoms with Gasteiger partial charge >= 0.3 is 0 Å². The number of carbonyl (C=O) groups is 1. The quantitative estimate of drug-likeness (QED) is 0.632. The molecular weight excluding hydrogens is 384 g/mol. The fourth-order valence-corrected chi connectivity index (χ4v) is 3.40. The third-order valence-corrected chi connectivity index (χ3v) is 4.80. The van der Waals surface area contributed by atoms with Crippen molar-refractivity contribution in [3.63, 3.8) is 0 Å². The van der Waals surface area contributed by atoms with Crippen molar-refractivity contribution in [3.8, 4) is 5.75 Å². The van der Waals surface area contributed by atoms with E-state index in [0.29, 0.717) is 24.7 Å². The maximum absolute atomic E-state index is 12.0. The lowest BCUT2D eigenvalue weighted by Gasteiger charge is -2.36. The van der Waals surface area contributed by atoms with Crippen LogP contribution in [0.4, 0.5) is 5.69 Å². The lowest BCUT2D eigenvalue weighted by molar-refractivity contribution is -0.311. The number of benzene rings is 2. The van der Waals surface area contributed by atoms with Crippen LogP contribution in [0.3, 0.4) is 0 Å². The highest BCUT2D eigenvalue weighted by Gasteiger charge is 2.24. The molecule has 0 aromatic heterocycles. The van der Waals surface area contributed by atoms with Crippen LogP contribution < -0.4 is 15.2 Å². The Kier molecular flexibility index (Phi) is 8.46. The highest BCUT2D eigenvalue weighted by atomic mass is 32.1. The van der Waals surface area contributed by atoms with Crippen LogP contribution in [0.2, 0.25) is 0 Å².